The molecule has 0 aliphatic carbocycles. The van der Waals surface area contributed by atoms with Crippen molar-refractivity contribution in [2.75, 3.05) is 6.54 Å². The first-order chi connectivity index (χ1) is 9.28. The lowest BCUT2D eigenvalue weighted by molar-refractivity contribution is -0.121. The van der Waals surface area contributed by atoms with Crippen molar-refractivity contribution in [3.8, 4) is 0 Å². The van der Waals surface area contributed by atoms with Crippen molar-refractivity contribution in [2.24, 2.45) is 5.92 Å². The molecule has 112 valence electrons. The predicted octanol–water partition coefficient (Wildman–Crippen LogP) is 2.24. The summed E-state index contributed by atoms with van der Waals surface area (Å²) < 4.78 is 0. The molecule has 0 saturated carbocycles. The van der Waals surface area contributed by atoms with Crippen LogP contribution in [0.3, 0.4) is 0 Å². The second kappa shape index (κ2) is 7.39. The molecule has 0 aliphatic rings. The van der Waals surface area contributed by atoms with Gasteiger partial charge in [-0.2, -0.15) is 0 Å². The minimum atomic E-state index is -0.842. The highest BCUT2D eigenvalue weighted by Gasteiger charge is 2.21. The van der Waals surface area contributed by atoms with Gasteiger partial charge in [-0.1, -0.05) is 19.9 Å². The van der Waals surface area contributed by atoms with Crippen LogP contribution in [0.25, 0.3) is 0 Å². The van der Waals surface area contributed by atoms with Crippen LogP contribution in [0, 0.1) is 12.8 Å². The van der Waals surface area contributed by atoms with Crippen LogP contribution in [0.1, 0.15) is 44.9 Å². The van der Waals surface area contributed by atoms with Crippen LogP contribution in [0.5, 0.6) is 0 Å². The van der Waals surface area contributed by atoms with Gasteiger partial charge in [0.25, 0.3) is 0 Å². The molecule has 0 spiro atoms. The zero-order valence-corrected chi connectivity index (χ0v) is 12.9. The van der Waals surface area contributed by atoms with Gasteiger partial charge in [0, 0.05) is 18.4 Å². The van der Waals surface area contributed by atoms with Gasteiger partial charge in [-0.3, -0.25) is 9.78 Å². The highest BCUT2D eigenvalue weighted by Crippen LogP contribution is 2.15. The van der Waals surface area contributed by atoms with Crippen molar-refractivity contribution in [1.82, 2.24) is 10.3 Å². The second-order valence-corrected chi connectivity index (χ2v) is 6.19. The molecule has 1 heterocycles. The first-order valence-corrected chi connectivity index (χ1v) is 7.19. The Bertz CT molecular complexity index is 425. The Hall–Kier alpha value is -1.42. The van der Waals surface area contributed by atoms with Crippen LogP contribution in [-0.2, 0) is 11.2 Å². The van der Waals surface area contributed by atoms with Gasteiger partial charge in [-0.15, -0.1) is 0 Å². The molecular weight excluding hydrogens is 252 g/mol. The van der Waals surface area contributed by atoms with E-state index in [1.807, 2.05) is 19.1 Å². The Morgan fingerprint density at radius 3 is 2.70 bits per heavy atom. The number of amides is 1. The van der Waals surface area contributed by atoms with Crippen molar-refractivity contribution >= 4 is 5.91 Å². The molecule has 4 nitrogen and oxygen atoms in total. The Morgan fingerprint density at radius 2 is 2.15 bits per heavy atom. The van der Waals surface area contributed by atoms with E-state index < -0.39 is 5.60 Å². The lowest BCUT2D eigenvalue weighted by Gasteiger charge is -2.24. The summed E-state index contributed by atoms with van der Waals surface area (Å²) in [4.78, 5) is 16.0. The zero-order valence-electron chi connectivity index (χ0n) is 12.9. The minimum absolute atomic E-state index is 0.0829. The molecule has 0 bridgehead atoms. The van der Waals surface area contributed by atoms with Gasteiger partial charge in [0.15, 0.2) is 0 Å². The minimum Gasteiger partial charge on any atom is -0.388 e. The Morgan fingerprint density at radius 1 is 1.45 bits per heavy atom. The zero-order chi connectivity index (χ0) is 15.2. The van der Waals surface area contributed by atoms with Gasteiger partial charge in [0.05, 0.1) is 12.0 Å². The number of aryl methyl sites for hydroxylation is 1. The van der Waals surface area contributed by atoms with E-state index in [1.54, 1.807) is 13.1 Å². The first kappa shape index (κ1) is 16.6. The van der Waals surface area contributed by atoms with E-state index in [0.29, 0.717) is 18.8 Å². The maximum atomic E-state index is 11.8. The number of aliphatic hydroxyl groups is 1. The number of pyridine rings is 1. The van der Waals surface area contributed by atoms with E-state index in [0.717, 1.165) is 17.7 Å². The van der Waals surface area contributed by atoms with Gasteiger partial charge < -0.3 is 10.4 Å². The fourth-order valence-corrected chi connectivity index (χ4v) is 1.83. The van der Waals surface area contributed by atoms with E-state index in [4.69, 9.17) is 0 Å². The van der Waals surface area contributed by atoms with Crippen LogP contribution in [0.15, 0.2) is 18.3 Å². The number of hydrogen-bond donors (Lipinski definition) is 2. The molecule has 0 aromatic carbocycles. The highest BCUT2D eigenvalue weighted by atomic mass is 16.3. The summed E-state index contributed by atoms with van der Waals surface area (Å²) in [5, 5.41) is 13.0. The molecule has 0 saturated heterocycles. The number of aromatic nitrogens is 1. The van der Waals surface area contributed by atoms with Crippen molar-refractivity contribution in [1.29, 1.82) is 0 Å². The van der Waals surface area contributed by atoms with E-state index >= 15 is 0 Å². The van der Waals surface area contributed by atoms with E-state index in [-0.39, 0.29) is 12.5 Å². The molecular formula is C16H26N2O2. The smallest absolute Gasteiger partial charge is 0.224 e. The van der Waals surface area contributed by atoms with E-state index in [9.17, 15) is 9.90 Å². The fraction of sp³-hybridized carbons (Fsp3) is 0.625. The molecule has 2 N–H and O–H groups in total. The van der Waals surface area contributed by atoms with Gasteiger partial charge >= 0.3 is 0 Å². The highest BCUT2D eigenvalue weighted by molar-refractivity contribution is 5.78. The molecule has 0 aliphatic heterocycles. The number of nitrogens with one attached hydrogen (secondary N) is 1. The molecule has 4 heteroatoms. The van der Waals surface area contributed by atoms with Crippen LogP contribution in [-0.4, -0.2) is 28.1 Å². The lowest BCUT2D eigenvalue weighted by Crippen LogP contribution is -2.41. The average molecular weight is 278 g/mol. The molecule has 20 heavy (non-hydrogen) atoms. The van der Waals surface area contributed by atoms with Crippen molar-refractivity contribution in [3.63, 3.8) is 0 Å². The fourth-order valence-electron chi connectivity index (χ4n) is 1.83. The summed E-state index contributed by atoms with van der Waals surface area (Å²) in [6, 6.07) is 3.79. The normalized spacial score (nSPS) is 14.1. The van der Waals surface area contributed by atoms with Crippen LogP contribution >= 0.6 is 0 Å². The Labute approximate surface area is 121 Å². The van der Waals surface area contributed by atoms with Crippen LogP contribution in [0.2, 0.25) is 0 Å². The number of hydrogen-bond acceptors (Lipinski definition) is 3. The maximum absolute atomic E-state index is 11.8. The first-order valence-electron chi connectivity index (χ1n) is 7.19. The molecule has 0 fully saturated rings. The Kier molecular flexibility index (Phi) is 6.14. The molecule has 1 atom stereocenters. The SMILES string of the molecule is Cc1ccc(CC(=O)NCC(C)(O)CCC(C)C)cn1. The molecule has 1 amide bonds. The number of carbonyl (C=O) groups excluding carboxylic acids is 1. The van der Waals surface area contributed by atoms with Gasteiger partial charge in [-0.25, -0.2) is 0 Å². The average Bonchev–Trinajstić information content (AvgIpc) is 2.37. The summed E-state index contributed by atoms with van der Waals surface area (Å²) in [6.07, 6.45) is 3.65. The van der Waals surface area contributed by atoms with Crippen molar-refractivity contribution in [3.05, 3.63) is 29.6 Å². The molecule has 1 aromatic heterocycles. The number of carbonyl (C=O) groups is 1. The van der Waals surface area contributed by atoms with Gasteiger partial charge in [0.2, 0.25) is 5.91 Å². The van der Waals surface area contributed by atoms with Gasteiger partial charge in [0.1, 0.15) is 0 Å². The molecule has 1 rings (SSSR count). The Balaban J connectivity index is 2.37. The third-order valence-electron chi connectivity index (χ3n) is 3.26. The second-order valence-electron chi connectivity index (χ2n) is 6.19. The topological polar surface area (TPSA) is 62.2 Å². The number of nitrogens with zero attached hydrogens (tertiary/aromatic N) is 1. The lowest BCUT2D eigenvalue weighted by atomic mass is 9.95. The van der Waals surface area contributed by atoms with E-state index in [1.165, 1.54) is 0 Å². The maximum Gasteiger partial charge on any atom is 0.224 e. The van der Waals surface area contributed by atoms with Crippen LogP contribution in [0.4, 0.5) is 0 Å². The summed E-state index contributed by atoms with van der Waals surface area (Å²) in [5.41, 5.74) is 0.978. The summed E-state index contributed by atoms with van der Waals surface area (Å²) in [7, 11) is 0. The quantitative estimate of drug-likeness (QED) is 0.804. The third-order valence-corrected chi connectivity index (χ3v) is 3.26. The standard InChI is InChI=1S/C16H26N2O2/c1-12(2)7-8-16(4,20)11-18-15(19)9-14-6-5-13(3)17-10-14/h5-6,10,12,20H,7-9,11H2,1-4H3,(H,18,19). The largest absolute Gasteiger partial charge is 0.388 e. The van der Waals surface area contributed by atoms with Crippen molar-refractivity contribution < 1.29 is 9.90 Å². The third kappa shape index (κ3) is 6.66. The number of rotatable bonds is 7. The van der Waals surface area contributed by atoms with E-state index in [2.05, 4.69) is 24.1 Å². The summed E-state index contributed by atoms with van der Waals surface area (Å²) in [6.45, 7) is 8.22. The monoisotopic (exact) mass is 278 g/mol. The predicted molar refractivity (Wildman–Crippen MR) is 80.4 cm³/mol. The van der Waals surface area contributed by atoms with Crippen LogP contribution < -0.4 is 5.32 Å². The molecule has 1 unspecified atom stereocenters. The summed E-state index contributed by atoms with van der Waals surface area (Å²) >= 11 is 0. The molecule has 0 radical (unpaired) electrons. The molecule has 1 aromatic rings. The van der Waals surface area contributed by atoms with Gasteiger partial charge in [-0.05, 0) is 44.2 Å². The van der Waals surface area contributed by atoms with Crippen molar-refractivity contribution in [2.45, 2.75) is 52.6 Å². The summed E-state index contributed by atoms with van der Waals surface area (Å²) in [5.74, 6) is 0.469.